The van der Waals surface area contributed by atoms with Crippen molar-refractivity contribution in [2.45, 2.75) is 44.5 Å². The highest BCUT2D eigenvalue weighted by atomic mass is 16.5. The molecule has 40 heavy (non-hydrogen) atoms. The molecule has 3 aliphatic rings. The second-order valence-corrected chi connectivity index (χ2v) is 10.4. The molecular weight excluding hydrogens is 510 g/mol. The molecule has 0 aliphatic carbocycles. The number of aromatic nitrogens is 2. The van der Waals surface area contributed by atoms with Gasteiger partial charge in [0.05, 0.1) is 23.1 Å². The zero-order valence-electron chi connectivity index (χ0n) is 22.1. The number of rotatable bonds is 7. The number of benzene rings is 2. The minimum atomic E-state index is -0.629. The molecule has 204 valence electrons. The van der Waals surface area contributed by atoms with E-state index in [1.165, 1.54) is 0 Å². The van der Waals surface area contributed by atoms with Crippen LogP contribution in [0.4, 0.5) is 5.69 Å². The maximum atomic E-state index is 12.9. The first-order valence-electron chi connectivity index (χ1n) is 13.3. The Labute approximate surface area is 231 Å². The predicted octanol–water partition coefficient (Wildman–Crippen LogP) is 2.20. The van der Waals surface area contributed by atoms with Gasteiger partial charge in [0.2, 0.25) is 11.8 Å². The average molecular weight is 540 g/mol. The van der Waals surface area contributed by atoms with E-state index in [2.05, 4.69) is 26.7 Å². The van der Waals surface area contributed by atoms with Crippen LogP contribution < -0.4 is 15.4 Å². The van der Waals surface area contributed by atoms with Crippen LogP contribution in [0.3, 0.4) is 0 Å². The number of anilines is 1. The first kappa shape index (κ1) is 25.6. The zero-order chi connectivity index (χ0) is 27.8. The van der Waals surface area contributed by atoms with E-state index in [0.717, 1.165) is 48.6 Å². The fourth-order valence-corrected chi connectivity index (χ4v) is 5.68. The fourth-order valence-electron chi connectivity index (χ4n) is 5.68. The van der Waals surface area contributed by atoms with Crippen molar-refractivity contribution in [3.8, 4) is 17.5 Å². The van der Waals surface area contributed by atoms with Gasteiger partial charge in [0, 0.05) is 57.0 Å². The highest BCUT2D eigenvalue weighted by Gasteiger charge is 2.39. The SMILES string of the molecule is CNc1ccc(-n2cc(CN3CC[C@H](Oc4ccc5c(c4)CN(C4CCC(=O)NC4=O)C5=O)C3)cn2)cc1C#N. The Morgan fingerprint density at radius 3 is 2.85 bits per heavy atom. The number of carbonyl (C=O) groups is 3. The van der Waals surface area contributed by atoms with Gasteiger partial charge in [0.15, 0.2) is 0 Å². The molecule has 6 rings (SSSR count). The lowest BCUT2D eigenvalue weighted by Gasteiger charge is -2.29. The van der Waals surface area contributed by atoms with Crippen molar-refractivity contribution < 1.29 is 19.1 Å². The largest absolute Gasteiger partial charge is 0.489 e. The summed E-state index contributed by atoms with van der Waals surface area (Å²) in [5.41, 5.74) is 4.65. The second-order valence-electron chi connectivity index (χ2n) is 10.4. The summed E-state index contributed by atoms with van der Waals surface area (Å²) in [4.78, 5) is 40.6. The summed E-state index contributed by atoms with van der Waals surface area (Å²) < 4.78 is 8.07. The number of hydrogen-bond acceptors (Lipinski definition) is 8. The Bertz CT molecular complexity index is 1540. The Kier molecular flexibility index (Phi) is 6.69. The van der Waals surface area contributed by atoms with Crippen LogP contribution >= 0.6 is 0 Å². The molecule has 0 radical (unpaired) electrons. The molecule has 4 heterocycles. The average Bonchev–Trinajstić information content (AvgIpc) is 3.68. The van der Waals surface area contributed by atoms with Gasteiger partial charge >= 0.3 is 0 Å². The van der Waals surface area contributed by atoms with E-state index < -0.39 is 11.9 Å². The highest BCUT2D eigenvalue weighted by Crippen LogP contribution is 2.31. The van der Waals surface area contributed by atoms with E-state index in [1.807, 2.05) is 42.7 Å². The molecule has 2 N–H and O–H groups in total. The number of imide groups is 1. The van der Waals surface area contributed by atoms with Crippen molar-refractivity contribution in [3.63, 3.8) is 0 Å². The third-order valence-corrected chi connectivity index (χ3v) is 7.73. The quantitative estimate of drug-likeness (QED) is 0.437. The standard InChI is InChI=1S/C29H29N7O4/c1-31-25-5-2-21(10-19(25)12-30)36-15-18(13-32-36)14-34-9-8-23(17-34)40-22-3-4-24-20(11-22)16-35(29(24)39)26-6-7-27(37)33-28(26)38/h2-5,10-11,13,15,23,26,31H,6-9,14,16-17H2,1H3,(H,33,37,38)/t23-,26?/m0/s1. The minimum Gasteiger partial charge on any atom is -0.489 e. The number of ether oxygens (including phenoxy) is 1. The molecule has 0 spiro atoms. The molecular formula is C29H29N7O4. The van der Waals surface area contributed by atoms with Crippen molar-refractivity contribution >= 4 is 23.4 Å². The van der Waals surface area contributed by atoms with Gasteiger partial charge in [-0.2, -0.15) is 10.4 Å². The minimum absolute atomic E-state index is 0.0173. The Morgan fingerprint density at radius 1 is 1.18 bits per heavy atom. The second kappa shape index (κ2) is 10.5. The third kappa shape index (κ3) is 4.89. The van der Waals surface area contributed by atoms with Gasteiger partial charge in [0.1, 0.15) is 24.0 Å². The first-order chi connectivity index (χ1) is 19.4. The summed E-state index contributed by atoms with van der Waals surface area (Å²) >= 11 is 0. The smallest absolute Gasteiger partial charge is 0.255 e. The number of fused-ring (bicyclic) bond motifs is 1. The van der Waals surface area contributed by atoms with E-state index >= 15 is 0 Å². The lowest BCUT2D eigenvalue weighted by molar-refractivity contribution is -0.136. The predicted molar refractivity (Wildman–Crippen MR) is 145 cm³/mol. The molecule has 2 saturated heterocycles. The summed E-state index contributed by atoms with van der Waals surface area (Å²) in [7, 11) is 1.79. The van der Waals surface area contributed by atoms with Crippen LogP contribution in [0, 0.1) is 11.3 Å². The van der Waals surface area contributed by atoms with Crippen LogP contribution in [0.15, 0.2) is 48.8 Å². The van der Waals surface area contributed by atoms with Gasteiger partial charge in [-0.05, 0) is 54.8 Å². The maximum absolute atomic E-state index is 12.9. The molecule has 2 fully saturated rings. The number of nitrogens with zero attached hydrogens (tertiary/aromatic N) is 5. The molecule has 3 aliphatic heterocycles. The number of hydrogen-bond donors (Lipinski definition) is 2. The molecule has 2 atom stereocenters. The number of likely N-dealkylation sites (tertiary alicyclic amines) is 1. The van der Waals surface area contributed by atoms with Crippen LogP contribution in [0.5, 0.6) is 5.75 Å². The van der Waals surface area contributed by atoms with Crippen molar-refractivity contribution in [1.82, 2.24) is 24.9 Å². The molecule has 1 unspecified atom stereocenters. The number of piperidine rings is 1. The molecule has 3 amide bonds. The Balaban J connectivity index is 1.06. The van der Waals surface area contributed by atoms with Crippen molar-refractivity contribution in [1.29, 1.82) is 5.26 Å². The summed E-state index contributed by atoms with van der Waals surface area (Å²) in [6.07, 6.45) is 5.30. The monoisotopic (exact) mass is 539 g/mol. The summed E-state index contributed by atoms with van der Waals surface area (Å²) in [6, 6.07) is 12.7. The van der Waals surface area contributed by atoms with Crippen molar-refractivity contribution in [2.24, 2.45) is 0 Å². The molecule has 1 aromatic heterocycles. The molecule has 0 saturated carbocycles. The van der Waals surface area contributed by atoms with Gasteiger partial charge in [-0.1, -0.05) is 0 Å². The normalized spacial score (nSPS) is 20.8. The van der Waals surface area contributed by atoms with Crippen LogP contribution in [0.25, 0.3) is 5.69 Å². The number of carbonyl (C=O) groups excluding carboxylic acids is 3. The van der Waals surface area contributed by atoms with Gasteiger partial charge in [0.25, 0.3) is 5.91 Å². The third-order valence-electron chi connectivity index (χ3n) is 7.73. The van der Waals surface area contributed by atoms with Gasteiger partial charge in [-0.3, -0.25) is 24.6 Å². The number of amides is 3. The van der Waals surface area contributed by atoms with Crippen LogP contribution in [-0.4, -0.2) is 69.6 Å². The van der Waals surface area contributed by atoms with E-state index in [-0.39, 0.29) is 24.3 Å². The van der Waals surface area contributed by atoms with Crippen LogP contribution in [0.1, 0.15) is 46.3 Å². The molecule has 2 aromatic carbocycles. The van der Waals surface area contributed by atoms with E-state index in [4.69, 9.17) is 4.74 Å². The fraction of sp³-hybridized carbons (Fsp3) is 0.345. The molecule has 0 bridgehead atoms. The topological polar surface area (TPSA) is 133 Å². The summed E-state index contributed by atoms with van der Waals surface area (Å²) in [5, 5.41) is 19.2. The van der Waals surface area contributed by atoms with Crippen molar-refractivity contribution in [3.05, 3.63) is 71.0 Å². The maximum Gasteiger partial charge on any atom is 0.255 e. The highest BCUT2D eigenvalue weighted by molar-refractivity contribution is 6.05. The summed E-state index contributed by atoms with van der Waals surface area (Å²) in [5.74, 6) is -0.196. The van der Waals surface area contributed by atoms with E-state index in [9.17, 15) is 19.6 Å². The van der Waals surface area contributed by atoms with Crippen LogP contribution in [0.2, 0.25) is 0 Å². The van der Waals surface area contributed by atoms with E-state index in [0.29, 0.717) is 29.8 Å². The summed E-state index contributed by atoms with van der Waals surface area (Å²) in [6.45, 7) is 2.71. The van der Waals surface area contributed by atoms with Crippen molar-refractivity contribution in [2.75, 3.05) is 25.5 Å². The van der Waals surface area contributed by atoms with Gasteiger partial charge in [-0.15, -0.1) is 0 Å². The molecule has 11 heteroatoms. The zero-order valence-corrected chi connectivity index (χ0v) is 22.1. The number of nitriles is 1. The number of nitrogens with one attached hydrogen (secondary N) is 2. The van der Waals surface area contributed by atoms with E-state index in [1.54, 1.807) is 22.7 Å². The van der Waals surface area contributed by atoms with Crippen LogP contribution in [-0.2, 0) is 22.7 Å². The Hall–Kier alpha value is -4.69. The lowest BCUT2D eigenvalue weighted by atomic mass is 10.0. The molecule has 3 aromatic rings. The van der Waals surface area contributed by atoms with Gasteiger partial charge in [-0.25, -0.2) is 4.68 Å². The molecule has 11 nitrogen and oxygen atoms in total. The first-order valence-corrected chi connectivity index (χ1v) is 13.3. The Morgan fingerprint density at radius 2 is 2.05 bits per heavy atom. The lowest BCUT2D eigenvalue weighted by Crippen LogP contribution is -2.52. The van der Waals surface area contributed by atoms with Gasteiger partial charge < -0.3 is 15.0 Å².